The normalized spacial score (nSPS) is 10.9. The summed E-state index contributed by atoms with van der Waals surface area (Å²) in [6.07, 6.45) is 5.95. The molecular formula is C12H17N3S. The first kappa shape index (κ1) is 11.4. The van der Waals surface area contributed by atoms with Gasteiger partial charge in [0.1, 0.15) is 5.82 Å². The highest BCUT2D eigenvalue weighted by atomic mass is 32.1. The molecule has 2 aromatic heterocycles. The summed E-state index contributed by atoms with van der Waals surface area (Å²) in [4.78, 5) is 5.68. The number of thiophene rings is 1. The number of nitrogens with zero attached hydrogens (tertiary/aromatic N) is 2. The first-order valence-electron chi connectivity index (χ1n) is 5.60. The lowest BCUT2D eigenvalue weighted by molar-refractivity contribution is 0.646. The smallest absolute Gasteiger partial charge is 0.113 e. The molecule has 2 rings (SSSR count). The van der Waals surface area contributed by atoms with E-state index in [1.807, 2.05) is 12.4 Å². The van der Waals surface area contributed by atoms with Crippen molar-refractivity contribution in [2.75, 3.05) is 0 Å². The van der Waals surface area contributed by atoms with Crippen molar-refractivity contribution in [1.29, 1.82) is 0 Å². The van der Waals surface area contributed by atoms with E-state index in [0.717, 1.165) is 25.2 Å². The van der Waals surface area contributed by atoms with Crippen LogP contribution in [0.15, 0.2) is 23.8 Å². The molecule has 2 aromatic rings. The highest BCUT2D eigenvalue weighted by Gasteiger charge is 2.07. The zero-order valence-corrected chi connectivity index (χ0v) is 10.3. The van der Waals surface area contributed by atoms with Crippen LogP contribution in [0.3, 0.4) is 0 Å². The SMILES string of the molecule is CCCn1ccnc1Cc1ccsc1CN. The summed E-state index contributed by atoms with van der Waals surface area (Å²) in [5.74, 6) is 1.13. The Labute approximate surface area is 99.9 Å². The number of hydrogen-bond donors (Lipinski definition) is 1. The molecule has 0 saturated heterocycles. The zero-order valence-electron chi connectivity index (χ0n) is 9.52. The average molecular weight is 235 g/mol. The van der Waals surface area contributed by atoms with Gasteiger partial charge in [-0.05, 0) is 23.4 Å². The molecule has 0 aromatic carbocycles. The molecule has 0 aliphatic carbocycles. The molecule has 4 heteroatoms. The lowest BCUT2D eigenvalue weighted by Gasteiger charge is -2.06. The number of aryl methyl sites for hydroxylation is 1. The van der Waals surface area contributed by atoms with Crippen molar-refractivity contribution >= 4 is 11.3 Å². The summed E-state index contributed by atoms with van der Waals surface area (Å²) in [6.45, 7) is 3.85. The molecule has 0 bridgehead atoms. The van der Waals surface area contributed by atoms with Gasteiger partial charge in [-0.2, -0.15) is 0 Å². The minimum absolute atomic E-state index is 0.626. The summed E-state index contributed by atoms with van der Waals surface area (Å²) >= 11 is 1.73. The van der Waals surface area contributed by atoms with Gasteiger partial charge in [0.05, 0.1) is 0 Å². The Balaban J connectivity index is 2.17. The molecule has 2 N–H and O–H groups in total. The number of hydrogen-bond acceptors (Lipinski definition) is 3. The monoisotopic (exact) mass is 235 g/mol. The predicted molar refractivity (Wildman–Crippen MR) is 67.5 cm³/mol. The van der Waals surface area contributed by atoms with Gasteiger partial charge in [0.15, 0.2) is 0 Å². The van der Waals surface area contributed by atoms with E-state index in [1.165, 1.54) is 10.4 Å². The van der Waals surface area contributed by atoms with Crippen LogP contribution in [0.5, 0.6) is 0 Å². The van der Waals surface area contributed by atoms with Gasteiger partial charge in [-0.1, -0.05) is 6.92 Å². The maximum absolute atomic E-state index is 5.70. The summed E-state index contributed by atoms with van der Waals surface area (Å²) in [5, 5.41) is 2.10. The first-order valence-corrected chi connectivity index (χ1v) is 6.48. The van der Waals surface area contributed by atoms with Gasteiger partial charge in [-0.15, -0.1) is 11.3 Å². The zero-order chi connectivity index (χ0) is 11.4. The molecule has 0 spiro atoms. The molecule has 0 fully saturated rings. The van der Waals surface area contributed by atoms with E-state index >= 15 is 0 Å². The van der Waals surface area contributed by atoms with E-state index in [4.69, 9.17) is 5.73 Å². The molecule has 0 saturated carbocycles. The van der Waals surface area contributed by atoms with Crippen molar-refractivity contribution in [3.05, 3.63) is 40.1 Å². The molecule has 0 unspecified atom stereocenters. The Hall–Kier alpha value is -1.13. The van der Waals surface area contributed by atoms with E-state index in [0.29, 0.717) is 6.54 Å². The fourth-order valence-electron chi connectivity index (χ4n) is 1.83. The lowest BCUT2D eigenvalue weighted by atomic mass is 10.2. The third-order valence-electron chi connectivity index (χ3n) is 2.64. The van der Waals surface area contributed by atoms with Crippen molar-refractivity contribution in [3.8, 4) is 0 Å². The second kappa shape index (κ2) is 5.27. The molecule has 3 nitrogen and oxygen atoms in total. The van der Waals surface area contributed by atoms with E-state index < -0.39 is 0 Å². The Morgan fingerprint density at radius 1 is 1.50 bits per heavy atom. The first-order chi connectivity index (χ1) is 7.85. The van der Waals surface area contributed by atoms with Crippen molar-refractivity contribution in [3.63, 3.8) is 0 Å². The summed E-state index contributed by atoms with van der Waals surface area (Å²) < 4.78 is 2.22. The average Bonchev–Trinajstić information content (AvgIpc) is 2.89. The van der Waals surface area contributed by atoms with Gasteiger partial charge in [0.2, 0.25) is 0 Å². The summed E-state index contributed by atoms with van der Waals surface area (Å²) in [7, 11) is 0. The van der Waals surface area contributed by atoms with Crippen LogP contribution in [0.25, 0.3) is 0 Å². The van der Waals surface area contributed by atoms with Crippen LogP contribution in [-0.2, 0) is 19.5 Å². The van der Waals surface area contributed by atoms with Gasteiger partial charge in [-0.25, -0.2) is 4.98 Å². The molecule has 0 aliphatic rings. The van der Waals surface area contributed by atoms with E-state index in [9.17, 15) is 0 Å². The number of imidazole rings is 1. The van der Waals surface area contributed by atoms with Crippen LogP contribution < -0.4 is 5.73 Å². The van der Waals surface area contributed by atoms with E-state index in [-0.39, 0.29) is 0 Å². The van der Waals surface area contributed by atoms with Gasteiger partial charge >= 0.3 is 0 Å². The second-order valence-electron chi connectivity index (χ2n) is 3.79. The second-order valence-corrected chi connectivity index (χ2v) is 4.79. The molecule has 86 valence electrons. The molecular weight excluding hydrogens is 218 g/mol. The summed E-state index contributed by atoms with van der Waals surface area (Å²) in [5.41, 5.74) is 7.02. The maximum atomic E-state index is 5.70. The van der Waals surface area contributed by atoms with Crippen molar-refractivity contribution in [2.24, 2.45) is 5.73 Å². The van der Waals surface area contributed by atoms with E-state index in [2.05, 4.69) is 27.9 Å². The minimum Gasteiger partial charge on any atom is -0.335 e. The van der Waals surface area contributed by atoms with Crippen molar-refractivity contribution in [2.45, 2.75) is 32.9 Å². The fraction of sp³-hybridized carbons (Fsp3) is 0.417. The van der Waals surface area contributed by atoms with E-state index in [1.54, 1.807) is 11.3 Å². The molecule has 0 radical (unpaired) electrons. The quantitative estimate of drug-likeness (QED) is 0.865. The number of rotatable bonds is 5. The third-order valence-corrected chi connectivity index (χ3v) is 3.62. The largest absolute Gasteiger partial charge is 0.335 e. The Morgan fingerprint density at radius 2 is 2.38 bits per heavy atom. The minimum atomic E-state index is 0.626. The molecule has 2 heterocycles. The van der Waals surface area contributed by atoms with Crippen LogP contribution >= 0.6 is 11.3 Å². The Bertz CT molecular complexity index is 445. The molecule has 16 heavy (non-hydrogen) atoms. The van der Waals surface area contributed by atoms with Crippen LogP contribution in [0.4, 0.5) is 0 Å². The van der Waals surface area contributed by atoms with Crippen LogP contribution in [0.2, 0.25) is 0 Å². The van der Waals surface area contributed by atoms with Crippen LogP contribution in [0, 0.1) is 0 Å². The predicted octanol–water partition coefficient (Wildman–Crippen LogP) is 2.40. The fourth-order valence-corrected chi connectivity index (χ4v) is 2.61. The van der Waals surface area contributed by atoms with Gasteiger partial charge in [-0.3, -0.25) is 0 Å². The number of nitrogens with two attached hydrogens (primary N) is 1. The standard InChI is InChI=1S/C12H17N3S/c1-2-5-15-6-4-14-12(15)8-10-3-7-16-11(10)9-13/h3-4,6-7H,2,5,8-9,13H2,1H3. The Morgan fingerprint density at radius 3 is 3.12 bits per heavy atom. The van der Waals surface area contributed by atoms with Gasteiger partial charge < -0.3 is 10.3 Å². The van der Waals surface area contributed by atoms with Crippen molar-refractivity contribution < 1.29 is 0 Å². The Kier molecular flexibility index (Phi) is 3.74. The summed E-state index contributed by atoms with van der Waals surface area (Å²) in [6, 6.07) is 2.15. The lowest BCUT2D eigenvalue weighted by Crippen LogP contribution is -2.05. The molecule has 0 atom stereocenters. The topological polar surface area (TPSA) is 43.8 Å². The van der Waals surface area contributed by atoms with Crippen LogP contribution in [-0.4, -0.2) is 9.55 Å². The molecule has 0 aliphatic heterocycles. The third kappa shape index (κ3) is 2.33. The molecule has 0 amide bonds. The van der Waals surface area contributed by atoms with Gasteiger partial charge in [0, 0.05) is 36.8 Å². The highest BCUT2D eigenvalue weighted by molar-refractivity contribution is 7.10. The van der Waals surface area contributed by atoms with Gasteiger partial charge in [0.25, 0.3) is 0 Å². The van der Waals surface area contributed by atoms with Crippen molar-refractivity contribution in [1.82, 2.24) is 9.55 Å². The number of aromatic nitrogens is 2. The van der Waals surface area contributed by atoms with Crippen LogP contribution in [0.1, 0.15) is 29.6 Å². The highest BCUT2D eigenvalue weighted by Crippen LogP contribution is 2.19. The maximum Gasteiger partial charge on any atom is 0.113 e.